The summed E-state index contributed by atoms with van der Waals surface area (Å²) in [5.41, 5.74) is -4.79. The molecule has 0 bridgehead atoms. The molecule has 0 unspecified atom stereocenters. The van der Waals surface area contributed by atoms with Crippen molar-refractivity contribution in [3.63, 3.8) is 0 Å². The van der Waals surface area contributed by atoms with E-state index in [0.717, 1.165) is 0 Å². The largest absolute Gasteiger partial charge is 0.416 e. The van der Waals surface area contributed by atoms with Crippen LogP contribution >= 0.6 is 0 Å². The van der Waals surface area contributed by atoms with Gasteiger partial charge in [-0.2, -0.15) is 26.3 Å². The molecule has 1 aliphatic heterocycles. The molecule has 0 amide bonds. The Morgan fingerprint density at radius 3 is 1.94 bits per heavy atom. The van der Waals surface area contributed by atoms with Gasteiger partial charge in [0.15, 0.2) is 6.29 Å². The van der Waals surface area contributed by atoms with Crippen molar-refractivity contribution in [3.05, 3.63) is 80.5 Å². The number of benzene rings is 2. The normalized spacial score (nSPS) is 28.1. The van der Waals surface area contributed by atoms with E-state index >= 15 is 0 Å². The molecule has 0 aromatic heterocycles. The molecular weight excluding hydrogens is 474 g/mol. The van der Waals surface area contributed by atoms with Crippen LogP contribution in [0.15, 0.2) is 48.5 Å². The van der Waals surface area contributed by atoms with Gasteiger partial charge in [-0.05, 0) is 36.2 Å². The first-order chi connectivity index (χ1) is 16.2. The molecule has 10 heteroatoms. The Balaban J connectivity index is 2.06. The number of ether oxygens (including phenoxy) is 2. The van der Waals surface area contributed by atoms with Gasteiger partial charge in [0, 0.05) is 13.8 Å². The van der Waals surface area contributed by atoms with Gasteiger partial charge in [0.05, 0.1) is 17.2 Å². The summed E-state index contributed by atoms with van der Waals surface area (Å²) in [6.45, 7) is 16.1. The Morgan fingerprint density at radius 2 is 1.49 bits per heavy atom. The van der Waals surface area contributed by atoms with Gasteiger partial charge < -0.3 is 9.47 Å². The van der Waals surface area contributed by atoms with Gasteiger partial charge >= 0.3 is 23.4 Å². The molecule has 0 spiro atoms. The standard InChI is InChI=1S/C25H24F6N2O2/c1-15(17-11-18(24(26,27)28)13-19(12-17)25(29,30)31)35-21-20(16-9-7-6-8-10-16)23(3,33-5)22(2,32-4)14-34-21/h4-13,15,20-21H,14H2,1-3H3/q+2/t15-,20-,21-,22+,23-/m1/s1. The van der Waals surface area contributed by atoms with E-state index in [1.165, 1.54) is 6.92 Å². The molecule has 1 fully saturated rings. The van der Waals surface area contributed by atoms with E-state index < -0.39 is 52.9 Å². The number of alkyl halides is 6. The highest BCUT2D eigenvalue weighted by Gasteiger charge is 2.73. The van der Waals surface area contributed by atoms with Crippen molar-refractivity contribution in [1.29, 1.82) is 0 Å². The summed E-state index contributed by atoms with van der Waals surface area (Å²) in [6, 6.07) is 10.1. The van der Waals surface area contributed by atoms with Crippen molar-refractivity contribution in [3.8, 4) is 13.1 Å². The highest BCUT2D eigenvalue weighted by atomic mass is 19.4. The molecule has 1 saturated heterocycles. The Bertz CT molecular complexity index is 1120. The summed E-state index contributed by atoms with van der Waals surface area (Å²) in [6.07, 6.45) is -12.3. The molecule has 0 N–H and O–H groups in total. The first-order valence-corrected chi connectivity index (χ1v) is 10.6. The van der Waals surface area contributed by atoms with Crippen LogP contribution in [0, 0.1) is 13.1 Å². The third kappa shape index (κ3) is 5.00. The fourth-order valence-electron chi connectivity index (χ4n) is 4.23. The smallest absolute Gasteiger partial charge is 0.344 e. The topological polar surface area (TPSA) is 27.2 Å². The van der Waals surface area contributed by atoms with Crippen molar-refractivity contribution >= 4 is 0 Å². The molecule has 2 aromatic rings. The lowest BCUT2D eigenvalue weighted by atomic mass is 9.67. The van der Waals surface area contributed by atoms with Gasteiger partial charge in [0.1, 0.15) is 12.5 Å². The molecule has 0 aliphatic carbocycles. The maximum Gasteiger partial charge on any atom is 0.416 e. The lowest BCUT2D eigenvalue weighted by Gasteiger charge is -2.40. The number of rotatable bonds is 4. The second kappa shape index (κ2) is 9.18. The first-order valence-electron chi connectivity index (χ1n) is 10.6. The third-order valence-electron chi connectivity index (χ3n) is 6.63. The van der Waals surface area contributed by atoms with E-state index in [2.05, 4.69) is 9.69 Å². The van der Waals surface area contributed by atoms with Crippen LogP contribution in [-0.2, 0) is 21.8 Å². The third-order valence-corrected chi connectivity index (χ3v) is 6.63. The first kappa shape index (κ1) is 26.5. The molecule has 35 heavy (non-hydrogen) atoms. The summed E-state index contributed by atoms with van der Waals surface area (Å²) in [5, 5.41) is 0. The monoisotopic (exact) mass is 498 g/mol. The Kier molecular flexibility index (Phi) is 6.95. The fourth-order valence-corrected chi connectivity index (χ4v) is 4.23. The Morgan fingerprint density at radius 1 is 0.943 bits per heavy atom. The summed E-state index contributed by atoms with van der Waals surface area (Å²) in [5.74, 6) is -0.741. The minimum absolute atomic E-state index is 0.0681. The maximum atomic E-state index is 13.3. The average molecular weight is 498 g/mol. The predicted octanol–water partition coefficient (Wildman–Crippen LogP) is 7.38. The van der Waals surface area contributed by atoms with E-state index in [-0.39, 0.29) is 18.2 Å². The summed E-state index contributed by atoms with van der Waals surface area (Å²) >= 11 is 0. The maximum absolute atomic E-state index is 13.3. The molecule has 186 valence electrons. The van der Waals surface area contributed by atoms with Gasteiger partial charge in [0.25, 0.3) is 13.1 Å². The zero-order chi connectivity index (χ0) is 26.2. The van der Waals surface area contributed by atoms with E-state index in [1.54, 1.807) is 44.2 Å². The molecule has 1 heterocycles. The summed E-state index contributed by atoms with van der Waals surface area (Å²) in [4.78, 5) is 7.98. The minimum Gasteiger partial charge on any atom is -0.344 e. The zero-order valence-corrected chi connectivity index (χ0v) is 19.2. The quantitative estimate of drug-likeness (QED) is 0.411. The van der Waals surface area contributed by atoms with Gasteiger partial charge in [0.2, 0.25) is 0 Å². The number of halogens is 6. The second-order valence-electron chi connectivity index (χ2n) is 8.86. The minimum atomic E-state index is -4.98. The van der Waals surface area contributed by atoms with Crippen molar-refractivity contribution in [2.45, 2.75) is 62.5 Å². The molecule has 5 atom stereocenters. The van der Waals surface area contributed by atoms with E-state index in [9.17, 15) is 26.3 Å². The second-order valence-corrected chi connectivity index (χ2v) is 8.86. The lowest BCUT2D eigenvalue weighted by Crippen LogP contribution is -2.60. The van der Waals surface area contributed by atoms with Crippen LogP contribution in [0.3, 0.4) is 0 Å². The molecule has 0 saturated carbocycles. The zero-order valence-electron chi connectivity index (χ0n) is 19.2. The molecule has 1 aliphatic rings. The Hall–Kier alpha value is -3.08. The van der Waals surface area contributed by atoms with E-state index in [0.29, 0.717) is 17.7 Å². The average Bonchev–Trinajstić information content (AvgIpc) is 2.80. The highest BCUT2D eigenvalue weighted by Crippen LogP contribution is 2.50. The van der Waals surface area contributed by atoms with Crippen LogP contribution in [0.2, 0.25) is 0 Å². The molecule has 2 aromatic carbocycles. The number of hydrogen-bond acceptors (Lipinski definition) is 2. The van der Waals surface area contributed by atoms with Crippen molar-refractivity contribution in [1.82, 2.24) is 0 Å². The number of hydrogen-bond donors (Lipinski definition) is 0. The van der Waals surface area contributed by atoms with Crippen molar-refractivity contribution in [2.24, 2.45) is 0 Å². The summed E-state index contributed by atoms with van der Waals surface area (Å²) in [7, 11) is 0. The van der Waals surface area contributed by atoms with Crippen LogP contribution in [0.4, 0.5) is 26.3 Å². The van der Waals surface area contributed by atoms with Crippen LogP contribution in [-0.4, -0.2) is 24.0 Å². The molecule has 0 radical (unpaired) electrons. The van der Waals surface area contributed by atoms with E-state index in [4.69, 9.17) is 22.6 Å². The SMILES string of the molecule is C#[N+][C@@]1(C)CO[C@H](O[C@H](C)c2cc(C(F)(F)F)cc(C(F)(F)F)c2)[C@@H](c2ccccc2)[C@@]1(C)[N+]#C. The summed E-state index contributed by atoms with van der Waals surface area (Å²) < 4.78 is 91.8. The van der Waals surface area contributed by atoms with Gasteiger partial charge in [-0.1, -0.05) is 40.0 Å². The highest BCUT2D eigenvalue weighted by molar-refractivity contribution is 5.37. The molecule has 3 rings (SSSR count). The van der Waals surface area contributed by atoms with Gasteiger partial charge in [-0.15, -0.1) is 0 Å². The molecule has 4 nitrogen and oxygen atoms in total. The Labute approximate surface area is 199 Å². The van der Waals surface area contributed by atoms with Gasteiger partial charge in [-0.25, -0.2) is 0 Å². The van der Waals surface area contributed by atoms with Gasteiger partial charge in [-0.3, -0.25) is 0 Å². The predicted molar refractivity (Wildman–Crippen MR) is 118 cm³/mol. The van der Waals surface area contributed by atoms with Crippen LogP contribution in [0.1, 0.15) is 55.0 Å². The van der Waals surface area contributed by atoms with Crippen molar-refractivity contribution in [2.75, 3.05) is 6.61 Å². The lowest BCUT2D eigenvalue weighted by molar-refractivity contribution is -0.218. The molecular formula is C25H24F6N2O2+2. The fraction of sp³-hybridized carbons (Fsp3) is 0.440. The van der Waals surface area contributed by atoms with Crippen LogP contribution in [0.5, 0.6) is 0 Å². The van der Waals surface area contributed by atoms with Crippen molar-refractivity contribution < 1.29 is 35.8 Å². The van der Waals surface area contributed by atoms with Crippen LogP contribution < -0.4 is 0 Å². The number of nitrogens with zero attached hydrogens (tertiary/aromatic N) is 2. The van der Waals surface area contributed by atoms with E-state index in [1.807, 2.05) is 0 Å². The van der Waals surface area contributed by atoms with Crippen LogP contribution in [0.25, 0.3) is 9.69 Å².